The minimum Gasteiger partial charge on any atom is -0.383 e. The van der Waals surface area contributed by atoms with Gasteiger partial charge in [-0.15, -0.1) is 0 Å². The van der Waals surface area contributed by atoms with Gasteiger partial charge in [0.2, 0.25) is 0 Å². The van der Waals surface area contributed by atoms with Crippen LogP contribution in [0.5, 0.6) is 0 Å². The second-order valence-corrected chi connectivity index (χ2v) is 4.64. The molecule has 2 heterocycles. The van der Waals surface area contributed by atoms with Gasteiger partial charge in [-0.1, -0.05) is 20.8 Å². The molecule has 0 saturated carbocycles. The van der Waals surface area contributed by atoms with E-state index in [1.807, 2.05) is 6.20 Å². The van der Waals surface area contributed by atoms with Gasteiger partial charge in [0.15, 0.2) is 0 Å². The van der Waals surface area contributed by atoms with Gasteiger partial charge in [-0.3, -0.25) is 4.98 Å². The zero-order valence-corrected chi connectivity index (χ0v) is 9.22. The van der Waals surface area contributed by atoms with Crippen molar-refractivity contribution in [3.63, 3.8) is 0 Å². The molecule has 2 rings (SSSR count). The lowest BCUT2D eigenvalue weighted by Gasteiger charge is -2.22. The fourth-order valence-electron chi connectivity index (χ4n) is 1.75. The first-order valence-electron chi connectivity index (χ1n) is 5.37. The number of aromatic nitrogens is 1. The van der Waals surface area contributed by atoms with E-state index in [0.29, 0.717) is 0 Å². The minimum atomic E-state index is 0.206. The minimum absolute atomic E-state index is 0.206. The summed E-state index contributed by atoms with van der Waals surface area (Å²) in [7, 11) is 0. The second-order valence-electron chi connectivity index (χ2n) is 4.64. The molecule has 2 heteroatoms. The van der Waals surface area contributed by atoms with E-state index >= 15 is 0 Å². The highest BCUT2D eigenvalue weighted by molar-refractivity contribution is 5.54. The molecule has 1 aliphatic rings. The quantitative estimate of drug-likeness (QED) is 0.775. The summed E-state index contributed by atoms with van der Waals surface area (Å²) < 4.78 is 0. The summed E-state index contributed by atoms with van der Waals surface area (Å²) in [6.07, 6.45) is 4.26. The molecule has 76 valence electrons. The van der Waals surface area contributed by atoms with Crippen LogP contribution in [-0.2, 0) is 11.8 Å². The molecule has 0 unspecified atom stereocenters. The average molecular weight is 190 g/mol. The number of hydrogen-bond donors (Lipinski definition) is 1. The van der Waals surface area contributed by atoms with Crippen LogP contribution >= 0.6 is 0 Å². The highest BCUT2D eigenvalue weighted by Gasteiger charge is 2.21. The van der Waals surface area contributed by atoms with Crippen molar-refractivity contribution >= 4 is 5.69 Å². The van der Waals surface area contributed by atoms with Crippen LogP contribution in [0.25, 0.3) is 0 Å². The molecule has 0 fully saturated rings. The Hall–Kier alpha value is -1.05. The number of rotatable bonds is 2. The lowest BCUT2D eigenvalue weighted by atomic mass is 9.85. The van der Waals surface area contributed by atoms with Crippen LogP contribution in [-0.4, -0.2) is 11.5 Å². The van der Waals surface area contributed by atoms with Crippen LogP contribution < -0.4 is 5.32 Å². The molecule has 0 aromatic carbocycles. The molecule has 0 atom stereocenters. The van der Waals surface area contributed by atoms with Crippen LogP contribution in [0.2, 0.25) is 0 Å². The highest BCUT2D eigenvalue weighted by atomic mass is 14.9. The lowest BCUT2D eigenvalue weighted by molar-refractivity contribution is 0.490. The van der Waals surface area contributed by atoms with E-state index in [1.54, 1.807) is 0 Å². The van der Waals surface area contributed by atoms with Crippen molar-refractivity contribution in [2.45, 2.75) is 39.0 Å². The van der Waals surface area contributed by atoms with E-state index in [9.17, 15) is 0 Å². The standard InChI is InChI=1S/C12H18N2/c1-4-12(2,3)11-7-9-5-6-13-10(9)8-14-11/h7-8,13H,4-6H2,1-3H3. The molecule has 1 N–H and O–H groups in total. The number of anilines is 1. The average Bonchev–Trinajstić information content (AvgIpc) is 2.64. The zero-order valence-electron chi connectivity index (χ0n) is 9.22. The van der Waals surface area contributed by atoms with Crippen molar-refractivity contribution in [3.05, 3.63) is 23.5 Å². The van der Waals surface area contributed by atoms with Crippen molar-refractivity contribution in [1.82, 2.24) is 4.98 Å². The Morgan fingerprint density at radius 1 is 1.50 bits per heavy atom. The highest BCUT2D eigenvalue weighted by Crippen LogP contribution is 2.29. The summed E-state index contributed by atoms with van der Waals surface area (Å²) in [4.78, 5) is 4.53. The van der Waals surface area contributed by atoms with E-state index in [2.05, 4.69) is 37.1 Å². The van der Waals surface area contributed by atoms with Gasteiger partial charge in [0.05, 0.1) is 11.9 Å². The van der Waals surface area contributed by atoms with E-state index in [4.69, 9.17) is 0 Å². The predicted octanol–water partition coefficient (Wildman–Crippen LogP) is 2.74. The maximum atomic E-state index is 4.53. The molecule has 1 aromatic heterocycles. The van der Waals surface area contributed by atoms with Gasteiger partial charge in [0.1, 0.15) is 0 Å². The molecule has 0 saturated heterocycles. The fraction of sp³-hybridized carbons (Fsp3) is 0.583. The van der Waals surface area contributed by atoms with Crippen molar-refractivity contribution < 1.29 is 0 Å². The number of nitrogens with one attached hydrogen (secondary N) is 1. The fourth-order valence-corrected chi connectivity index (χ4v) is 1.75. The monoisotopic (exact) mass is 190 g/mol. The topological polar surface area (TPSA) is 24.9 Å². The molecule has 1 aromatic rings. The molecule has 14 heavy (non-hydrogen) atoms. The van der Waals surface area contributed by atoms with E-state index in [-0.39, 0.29) is 5.41 Å². The van der Waals surface area contributed by atoms with Crippen molar-refractivity contribution in [1.29, 1.82) is 0 Å². The summed E-state index contributed by atoms with van der Waals surface area (Å²) in [5.41, 5.74) is 4.08. The van der Waals surface area contributed by atoms with E-state index in [0.717, 1.165) is 19.4 Å². The summed E-state index contributed by atoms with van der Waals surface area (Å²) in [5, 5.41) is 3.33. The maximum absolute atomic E-state index is 4.53. The van der Waals surface area contributed by atoms with Crippen molar-refractivity contribution in [2.75, 3.05) is 11.9 Å². The normalized spacial score (nSPS) is 15.1. The number of pyridine rings is 1. The summed E-state index contributed by atoms with van der Waals surface area (Å²) in [5.74, 6) is 0. The van der Waals surface area contributed by atoms with Crippen molar-refractivity contribution in [2.24, 2.45) is 0 Å². The summed E-state index contributed by atoms with van der Waals surface area (Å²) in [6.45, 7) is 7.79. The summed E-state index contributed by atoms with van der Waals surface area (Å²) >= 11 is 0. The Morgan fingerprint density at radius 2 is 2.29 bits per heavy atom. The number of hydrogen-bond acceptors (Lipinski definition) is 2. The Labute approximate surface area is 85.7 Å². The van der Waals surface area contributed by atoms with Gasteiger partial charge in [-0.25, -0.2) is 0 Å². The molecule has 1 aliphatic heterocycles. The molecule has 0 bridgehead atoms. The lowest BCUT2D eigenvalue weighted by Crippen LogP contribution is -2.17. The molecule has 0 spiro atoms. The molecule has 0 amide bonds. The smallest absolute Gasteiger partial charge is 0.0560 e. The van der Waals surface area contributed by atoms with Gasteiger partial charge >= 0.3 is 0 Å². The van der Waals surface area contributed by atoms with Gasteiger partial charge in [0.25, 0.3) is 0 Å². The van der Waals surface area contributed by atoms with Crippen LogP contribution in [0, 0.1) is 0 Å². The molecular weight excluding hydrogens is 172 g/mol. The maximum Gasteiger partial charge on any atom is 0.0560 e. The molecular formula is C12H18N2. The SMILES string of the molecule is CCC(C)(C)c1cc2c(cn1)NCC2. The summed E-state index contributed by atoms with van der Waals surface area (Å²) in [6, 6.07) is 2.26. The first kappa shape index (κ1) is 9.50. The van der Waals surface area contributed by atoms with Crippen LogP contribution in [0.4, 0.5) is 5.69 Å². The third-order valence-corrected chi connectivity index (χ3v) is 3.28. The Morgan fingerprint density at radius 3 is 3.00 bits per heavy atom. The predicted molar refractivity (Wildman–Crippen MR) is 59.7 cm³/mol. The van der Waals surface area contributed by atoms with Gasteiger partial charge in [0, 0.05) is 17.7 Å². The van der Waals surface area contributed by atoms with Gasteiger partial charge < -0.3 is 5.32 Å². The van der Waals surface area contributed by atoms with E-state index in [1.165, 1.54) is 16.9 Å². The third-order valence-electron chi connectivity index (χ3n) is 3.28. The second kappa shape index (κ2) is 3.26. The zero-order chi connectivity index (χ0) is 10.2. The Kier molecular flexibility index (Phi) is 2.22. The molecule has 0 aliphatic carbocycles. The number of fused-ring (bicyclic) bond motifs is 1. The largest absolute Gasteiger partial charge is 0.383 e. The van der Waals surface area contributed by atoms with E-state index < -0.39 is 0 Å². The molecule has 0 radical (unpaired) electrons. The first-order chi connectivity index (χ1) is 6.63. The number of nitrogens with zero attached hydrogens (tertiary/aromatic N) is 1. The molecule has 2 nitrogen and oxygen atoms in total. The Balaban J connectivity index is 2.38. The first-order valence-corrected chi connectivity index (χ1v) is 5.37. The third kappa shape index (κ3) is 1.49. The van der Waals surface area contributed by atoms with Crippen LogP contribution in [0.1, 0.15) is 38.4 Å². The van der Waals surface area contributed by atoms with Crippen LogP contribution in [0.3, 0.4) is 0 Å². The van der Waals surface area contributed by atoms with Gasteiger partial charge in [-0.05, 0) is 24.5 Å². The van der Waals surface area contributed by atoms with Gasteiger partial charge in [-0.2, -0.15) is 0 Å². The van der Waals surface area contributed by atoms with Crippen LogP contribution in [0.15, 0.2) is 12.3 Å². The Bertz CT molecular complexity index is 342. The van der Waals surface area contributed by atoms with Crippen molar-refractivity contribution in [3.8, 4) is 0 Å².